The van der Waals surface area contributed by atoms with Gasteiger partial charge in [0.15, 0.2) is 0 Å². The molecule has 0 saturated heterocycles. The van der Waals surface area contributed by atoms with Crippen LogP contribution in [-0.4, -0.2) is 6.54 Å². The summed E-state index contributed by atoms with van der Waals surface area (Å²) in [5, 5.41) is 3.56. The molecule has 2 rings (SSSR count). The van der Waals surface area contributed by atoms with Gasteiger partial charge in [0.1, 0.15) is 5.82 Å². The number of nitrogens with one attached hydrogen (secondary N) is 1. The minimum Gasteiger partial charge on any atom is -0.310 e. The number of rotatable bonds is 5. The monoisotopic (exact) mass is 263 g/mol. The van der Waals surface area contributed by atoms with Crippen molar-refractivity contribution >= 4 is 0 Å². The molecule has 1 fully saturated rings. The third-order valence-electron chi connectivity index (χ3n) is 4.61. The maximum absolute atomic E-state index is 13.2. The molecule has 1 unspecified atom stereocenters. The second kappa shape index (κ2) is 7.04. The van der Waals surface area contributed by atoms with E-state index in [1.807, 2.05) is 6.07 Å². The minimum atomic E-state index is -0.144. The maximum atomic E-state index is 13.2. The predicted molar refractivity (Wildman–Crippen MR) is 78.6 cm³/mol. The van der Waals surface area contributed by atoms with Gasteiger partial charge in [0.25, 0.3) is 0 Å². The molecular weight excluding hydrogens is 237 g/mol. The fourth-order valence-electron chi connectivity index (χ4n) is 3.08. The molecule has 1 aromatic carbocycles. The van der Waals surface area contributed by atoms with E-state index in [1.54, 1.807) is 12.1 Å². The average molecular weight is 263 g/mol. The van der Waals surface area contributed by atoms with Crippen LogP contribution < -0.4 is 5.32 Å². The van der Waals surface area contributed by atoms with E-state index >= 15 is 0 Å². The highest BCUT2D eigenvalue weighted by atomic mass is 19.1. The second-order valence-corrected chi connectivity index (χ2v) is 5.98. The summed E-state index contributed by atoms with van der Waals surface area (Å²) in [7, 11) is 0. The lowest BCUT2D eigenvalue weighted by Gasteiger charge is -2.29. The first kappa shape index (κ1) is 14.5. The van der Waals surface area contributed by atoms with Crippen LogP contribution in [0.1, 0.15) is 57.6 Å². The van der Waals surface area contributed by atoms with Crippen molar-refractivity contribution in [3.05, 3.63) is 35.6 Å². The van der Waals surface area contributed by atoms with Crippen LogP contribution in [0.15, 0.2) is 24.3 Å². The Morgan fingerprint density at radius 3 is 2.53 bits per heavy atom. The van der Waals surface area contributed by atoms with Crippen LogP contribution in [-0.2, 0) is 0 Å². The first-order chi connectivity index (χ1) is 9.19. The van der Waals surface area contributed by atoms with Crippen LogP contribution in [0.4, 0.5) is 4.39 Å². The standard InChI is InChI=1S/C17H26FN/c1-3-14-7-9-15(10-8-14)12-19-13(2)16-5-4-6-17(18)11-16/h4-6,11,13-15,19H,3,7-10,12H2,1-2H3. The largest absolute Gasteiger partial charge is 0.310 e. The van der Waals surface area contributed by atoms with Crippen LogP contribution in [0, 0.1) is 17.7 Å². The van der Waals surface area contributed by atoms with Gasteiger partial charge in [-0.25, -0.2) is 4.39 Å². The maximum Gasteiger partial charge on any atom is 0.123 e. The highest BCUT2D eigenvalue weighted by molar-refractivity contribution is 5.19. The van der Waals surface area contributed by atoms with Crippen molar-refractivity contribution in [3.8, 4) is 0 Å². The number of benzene rings is 1. The average Bonchev–Trinajstić information content (AvgIpc) is 2.45. The topological polar surface area (TPSA) is 12.0 Å². The van der Waals surface area contributed by atoms with Gasteiger partial charge in [-0.1, -0.05) is 38.3 Å². The molecule has 1 nitrogen and oxygen atoms in total. The molecule has 1 aliphatic carbocycles. The van der Waals surface area contributed by atoms with Gasteiger partial charge in [0.2, 0.25) is 0 Å². The van der Waals surface area contributed by atoms with E-state index in [-0.39, 0.29) is 11.9 Å². The summed E-state index contributed by atoms with van der Waals surface area (Å²) < 4.78 is 13.2. The van der Waals surface area contributed by atoms with Crippen molar-refractivity contribution in [3.63, 3.8) is 0 Å². The molecule has 0 heterocycles. The van der Waals surface area contributed by atoms with Gasteiger partial charge >= 0.3 is 0 Å². The van der Waals surface area contributed by atoms with Gasteiger partial charge in [-0.2, -0.15) is 0 Å². The lowest BCUT2D eigenvalue weighted by Crippen LogP contribution is -2.28. The molecule has 0 radical (unpaired) electrons. The fraction of sp³-hybridized carbons (Fsp3) is 0.647. The molecule has 19 heavy (non-hydrogen) atoms. The van der Waals surface area contributed by atoms with Crippen molar-refractivity contribution in [1.82, 2.24) is 5.32 Å². The van der Waals surface area contributed by atoms with Crippen LogP contribution >= 0.6 is 0 Å². The van der Waals surface area contributed by atoms with Crippen molar-refractivity contribution in [2.75, 3.05) is 6.54 Å². The summed E-state index contributed by atoms with van der Waals surface area (Å²) in [4.78, 5) is 0. The Balaban J connectivity index is 1.76. The molecule has 0 aliphatic heterocycles. The van der Waals surface area contributed by atoms with Crippen LogP contribution in [0.3, 0.4) is 0 Å². The molecule has 106 valence electrons. The van der Waals surface area contributed by atoms with Gasteiger partial charge in [-0.15, -0.1) is 0 Å². The van der Waals surface area contributed by atoms with E-state index in [2.05, 4.69) is 19.2 Å². The minimum absolute atomic E-state index is 0.144. The Morgan fingerprint density at radius 2 is 1.89 bits per heavy atom. The van der Waals surface area contributed by atoms with Crippen molar-refractivity contribution in [1.29, 1.82) is 0 Å². The zero-order valence-electron chi connectivity index (χ0n) is 12.2. The lowest BCUT2D eigenvalue weighted by atomic mass is 9.81. The third kappa shape index (κ3) is 4.31. The Hall–Kier alpha value is -0.890. The summed E-state index contributed by atoms with van der Waals surface area (Å²) in [6.45, 7) is 5.48. The second-order valence-electron chi connectivity index (χ2n) is 5.98. The molecule has 0 spiro atoms. The summed E-state index contributed by atoms with van der Waals surface area (Å²) in [5.74, 6) is 1.62. The van der Waals surface area contributed by atoms with E-state index < -0.39 is 0 Å². The van der Waals surface area contributed by atoms with E-state index in [4.69, 9.17) is 0 Å². The first-order valence-electron chi connectivity index (χ1n) is 7.68. The molecule has 1 aromatic rings. The van der Waals surface area contributed by atoms with Crippen molar-refractivity contribution in [2.24, 2.45) is 11.8 Å². The van der Waals surface area contributed by atoms with Gasteiger partial charge in [-0.3, -0.25) is 0 Å². The molecule has 0 bridgehead atoms. The molecule has 1 saturated carbocycles. The fourth-order valence-corrected chi connectivity index (χ4v) is 3.08. The molecular formula is C17H26FN. The molecule has 1 N–H and O–H groups in total. The van der Waals surface area contributed by atoms with Crippen LogP contribution in [0.2, 0.25) is 0 Å². The zero-order chi connectivity index (χ0) is 13.7. The quantitative estimate of drug-likeness (QED) is 0.812. The molecule has 2 heteroatoms. The molecule has 0 amide bonds. The smallest absolute Gasteiger partial charge is 0.123 e. The molecule has 1 aliphatic rings. The summed E-state index contributed by atoms with van der Waals surface area (Å²) in [6, 6.07) is 7.15. The molecule has 0 aromatic heterocycles. The Morgan fingerprint density at radius 1 is 1.21 bits per heavy atom. The third-order valence-corrected chi connectivity index (χ3v) is 4.61. The number of hydrogen-bond acceptors (Lipinski definition) is 1. The van der Waals surface area contributed by atoms with E-state index in [9.17, 15) is 4.39 Å². The SMILES string of the molecule is CCC1CCC(CNC(C)c2cccc(F)c2)CC1. The van der Waals surface area contributed by atoms with E-state index in [0.29, 0.717) is 0 Å². The summed E-state index contributed by atoms with van der Waals surface area (Å²) >= 11 is 0. The van der Waals surface area contributed by atoms with Crippen molar-refractivity contribution < 1.29 is 4.39 Å². The zero-order valence-corrected chi connectivity index (χ0v) is 12.2. The van der Waals surface area contributed by atoms with Crippen LogP contribution in [0.5, 0.6) is 0 Å². The van der Waals surface area contributed by atoms with Gasteiger partial charge < -0.3 is 5.32 Å². The molecule has 1 atom stereocenters. The first-order valence-corrected chi connectivity index (χ1v) is 7.68. The summed E-state index contributed by atoms with van der Waals surface area (Å²) in [6.07, 6.45) is 6.80. The highest BCUT2D eigenvalue weighted by Crippen LogP contribution is 2.30. The van der Waals surface area contributed by atoms with E-state index in [1.165, 1.54) is 38.2 Å². The van der Waals surface area contributed by atoms with Gasteiger partial charge in [0.05, 0.1) is 0 Å². The van der Waals surface area contributed by atoms with Gasteiger partial charge in [-0.05, 0) is 55.8 Å². The Labute approximate surface area is 116 Å². The highest BCUT2D eigenvalue weighted by Gasteiger charge is 2.20. The van der Waals surface area contributed by atoms with Crippen molar-refractivity contribution in [2.45, 2.75) is 52.0 Å². The summed E-state index contributed by atoms with van der Waals surface area (Å²) in [5.41, 5.74) is 1.04. The van der Waals surface area contributed by atoms with Crippen LogP contribution in [0.25, 0.3) is 0 Å². The predicted octanol–water partition coefficient (Wildman–Crippen LogP) is 4.69. The van der Waals surface area contributed by atoms with Gasteiger partial charge in [0, 0.05) is 6.04 Å². The number of halogens is 1. The van der Waals surface area contributed by atoms with E-state index in [0.717, 1.165) is 23.9 Å². The Kier molecular flexibility index (Phi) is 5.38. The Bertz CT molecular complexity index is 383. The lowest BCUT2D eigenvalue weighted by molar-refractivity contribution is 0.258. The normalized spacial score (nSPS) is 25.2. The number of hydrogen-bond donors (Lipinski definition) is 1.